The number of benzene rings is 2. The van der Waals surface area contributed by atoms with Crippen LogP contribution in [0.4, 0.5) is 0 Å². The highest BCUT2D eigenvalue weighted by Crippen LogP contribution is 2.27. The highest BCUT2D eigenvalue weighted by Gasteiger charge is 2.14. The normalized spacial score (nSPS) is 12.4. The highest BCUT2D eigenvalue weighted by atomic mass is 35.5. The largest absolute Gasteiger partial charge is 0.306 e. The van der Waals surface area contributed by atoms with E-state index in [9.17, 15) is 0 Å². The fourth-order valence-corrected chi connectivity index (χ4v) is 2.73. The monoisotopic (exact) mass is 307 g/mol. The lowest BCUT2D eigenvalue weighted by molar-refractivity contribution is 0.598. The molecule has 1 unspecified atom stereocenters. The summed E-state index contributed by atoms with van der Waals surface area (Å²) in [6.07, 6.45) is 1.09. The van der Waals surface area contributed by atoms with Crippen LogP contribution in [0.2, 0.25) is 10.0 Å². The third-order valence-corrected chi connectivity index (χ3v) is 3.67. The van der Waals surface area contributed by atoms with Crippen LogP contribution < -0.4 is 5.32 Å². The van der Waals surface area contributed by atoms with Gasteiger partial charge in [0.25, 0.3) is 0 Å². The number of nitrogens with one attached hydrogen (secondary N) is 1. The summed E-state index contributed by atoms with van der Waals surface area (Å²) < 4.78 is 0. The predicted octanol–water partition coefficient (Wildman–Crippen LogP) is 5.39. The molecule has 2 aromatic carbocycles. The summed E-state index contributed by atoms with van der Waals surface area (Å²) in [7, 11) is 0. The molecule has 2 rings (SSSR count). The zero-order valence-electron chi connectivity index (χ0n) is 11.8. The van der Waals surface area contributed by atoms with Crippen molar-refractivity contribution in [3.63, 3.8) is 0 Å². The van der Waals surface area contributed by atoms with Crippen LogP contribution in [0.3, 0.4) is 0 Å². The summed E-state index contributed by atoms with van der Waals surface area (Å²) in [6.45, 7) is 5.18. The molecular weight excluding hydrogens is 289 g/mol. The molecule has 3 heteroatoms. The van der Waals surface area contributed by atoms with Crippen LogP contribution in [0, 0.1) is 6.92 Å². The van der Waals surface area contributed by atoms with Gasteiger partial charge in [-0.25, -0.2) is 0 Å². The molecule has 1 nitrogen and oxygen atoms in total. The molecule has 1 N–H and O–H groups in total. The molecule has 0 bridgehead atoms. The number of hydrogen-bond acceptors (Lipinski definition) is 1. The topological polar surface area (TPSA) is 12.0 Å². The van der Waals surface area contributed by atoms with Gasteiger partial charge in [0.05, 0.1) is 6.04 Å². The molecule has 0 spiro atoms. The van der Waals surface area contributed by atoms with Crippen LogP contribution in [0.1, 0.15) is 36.1 Å². The summed E-state index contributed by atoms with van der Waals surface area (Å²) in [6, 6.07) is 14.3. The minimum atomic E-state index is 0.143. The average Bonchev–Trinajstić information content (AvgIpc) is 2.40. The molecule has 106 valence electrons. The Kier molecular flexibility index (Phi) is 5.47. The molecule has 0 fully saturated rings. The molecule has 0 heterocycles. The Hall–Kier alpha value is -1.02. The van der Waals surface area contributed by atoms with Crippen LogP contribution in [0.25, 0.3) is 0 Å². The lowest BCUT2D eigenvalue weighted by atomic mass is 9.97. The van der Waals surface area contributed by atoms with Crippen molar-refractivity contribution in [1.82, 2.24) is 5.32 Å². The smallest absolute Gasteiger partial charge is 0.0577 e. The maximum absolute atomic E-state index is 6.19. The number of aryl methyl sites for hydroxylation is 1. The molecule has 0 amide bonds. The van der Waals surface area contributed by atoms with Crippen LogP contribution in [0.5, 0.6) is 0 Å². The molecule has 0 radical (unpaired) electrons. The number of rotatable bonds is 5. The lowest BCUT2D eigenvalue weighted by Crippen LogP contribution is -2.23. The molecule has 1 atom stereocenters. The van der Waals surface area contributed by atoms with Gasteiger partial charge in [0.1, 0.15) is 0 Å². The molecule has 0 aliphatic rings. The maximum atomic E-state index is 6.19. The van der Waals surface area contributed by atoms with Crippen LogP contribution in [0.15, 0.2) is 42.5 Å². The fourth-order valence-electron chi connectivity index (χ4n) is 2.30. The van der Waals surface area contributed by atoms with Crippen molar-refractivity contribution in [2.75, 3.05) is 6.54 Å². The number of hydrogen-bond donors (Lipinski definition) is 1. The van der Waals surface area contributed by atoms with Crippen molar-refractivity contribution in [2.45, 2.75) is 26.3 Å². The summed E-state index contributed by atoms with van der Waals surface area (Å²) in [5, 5.41) is 5.10. The second-order valence-electron chi connectivity index (χ2n) is 5.00. The second-order valence-corrected chi connectivity index (χ2v) is 5.87. The first-order valence-corrected chi connectivity index (χ1v) is 7.61. The standard InChI is InChI=1S/C17H19Cl2N/c1-3-8-20-17(13-4-6-15(18)7-5-13)14-9-12(2)10-16(19)11-14/h4-7,9-11,17,20H,3,8H2,1-2H3. The van der Waals surface area contributed by atoms with E-state index in [1.807, 2.05) is 24.3 Å². The van der Waals surface area contributed by atoms with Gasteiger partial charge in [0.15, 0.2) is 0 Å². The Labute approximate surface area is 130 Å². The van der Waals surface area contributed by atoms with Crippen LogP contribution in [-0.2, 0) is 0 Å². The molecule has 2 aromatic rings. The molecule has 0 aromatic heterocycles. The third-order valence-electron chi connectivity index (χ3n) is 3.20. The number of halogens is 2. The zero-order valence-corrected chi connectivity index (χ0v) is 13.3. The van der Waals surface area contributed by atoms with Crippen molar-refractivity contribution in [2.24, 2.45) is 0 Å². The van der Waals surface area contributed by atoms with Gasteiger partial charge in [-0.2, -0.15) is 0 Å². The van der Waals surface area contributed by atoms with E-state index in [1.54, 1.807) is 0 Å². The Morgan fingerprint density at radius 3 is 2.25 bits per heavy atom. The SMILES string of the molecule is CCCNC(c1ccc(Cl)cc1)c1cc(C)cc(Cl)c1. The second kappa shape index (κ2) is 7.12. The lowest BCUT2D eigenvalue weighted by Gasteiger charge is -2.20. The first-order valence-electron chi connectivity index (χ1n) is 6.86. The predicted molar refractivity (Wildman–Crippen MR) is 87.8 cm³/mol. The highest BCUT2D eigenvalue weighted by molar-refractivity contribution is 6.31. The Balaban J connectivity index is 2.38. The van der Waals surface area contributed by atoms with E-state index in [-0.39, 0.29) is 6.04 Å². The molecule has 20 heavy (non-hydrogen) atoms. The van der Waals surface area contributed by atoms with Crippen molar-refractivity contribution in [1.29, 1.82) is 0 Å². The van der Waals surface area contributed by atoms with E-state index in [2.05, 4.69) is 37.4 Å². The Morgan fingerprint density at radius 2 is 1.65 bits per heavy atom. The zero-order chi connectivity index (χ0) is 14.5. The van der Waals surface area contributed by atoms with E-state index >= 15 is 0 Å². The van der Waals surface area contributed by atoms with E-state index in [0.29, 0.717) is 0 Å². The first-order chi connectivity index (χ1) is 9.60. The summed E-state index contributed by atoms with van der Waals surface area (Å²) >= 11 is 12.2. The minimum absolute atomic E-state index is 0.143. The van der Waals surface area contributed by atoms with E-state index in [1.165, 1.54) is 16.7 Å². The summed E-state index contributed by atoms with van der Waals surface area (Å²) in [5.74, 6) is 0. The van der Waals surface area contributed by atoms with E-state index < -0.39 is 0 Å². The maximum Gasteiger partial charge on any atom is 0.0577 e. The Bertz CT molecular complexity index is 543. The van der Waals surface area contributed by atoms with Crippen LogP contribution in [-0.4, -0.2) is 6.54 Å². The molecule has 0 saturated heterocycles. The van der Waals surface area contributed by atoms with Gasteiger partial charge < -0.3 is 5.32 Å². The van der Waals surface area contributed by atoms with Crippen molar-refractivity contribution in [3.05, 3.63) is 69.2 Å². The third kappa shape index (κ3) is 3.99. The van der Waals surface area contributed by atoms with E-state index in [4.69, 9.17) is 23.2 Å². The summed E-state index contributed by atoms with van der Waals surface area (Å²) in [4.78, 5) is 0. The van der Waals surface area contributed by atoms with E-state index in [0.717, 1.165) is 23.0 Å². The molecular formula is C17H19Cl2N. The first kappa shape index (κ1) is 15.4. The fraction of sp³-hybridized carbons (Fsp3) is 0.294. The van der Waals surface area contributed by atoms with Crippen molar-refractivity contribution >= 4 is 23.2 Å². The van der Waals surface area contributed by atoms with Gasteiger partial charge in [-0.3, -0.25) is 0 Å². The van der Waals surface area contributed by atoms with Crippen LogP contribution >= 0.6 is 23.2 Å². The van der Waals surface area contributed by atoms with Gasteiger partial charge in [0, 0.05) is 10.0 Å². The molecule has 0 aliphatic heterocycles. The molecule has 0 aliphatic carbocycles. The van der Waals surface area contributed by atoms with Crippen molar-refractivity contribution < 1.29 is 0 Å². The average molecular weight is 308 g/mol. The molecule has 0 saturated carbocycles. The van der Waals surface area contributed by atoms with Gasteiger partial charge in [-0.1, -0.05) is 48.3 Å². The Morgan fingerprint density at radius 1 is 0.950 bits per heavy atom. The van der Waals surface area contributed by atoms with Gasteiger partial charge >= 0.3 is 0 Å². The summed E-state index contributed by atoms with van der Waals surface area (Å²) in [5.41, 5.74) is 3.56. The van der Waals surface area contributed by atoms with Gasteiger partial charge in [-0.15, -0.1) is 0 Å². The quantitative estimate of drug-likeness (QED) is 0.780. The minimum Gasteiger partial charge on any atom is -0.306 e. The van der Waals surface area contributed by atoms with Gasteiger partial charge in [-0.05, 0) is 60.8 Å². The van der Waals surface area contributed by atoms with Crippen molar-refractivity contribution in [3.8, 4) is 0 Å². The van der Waals surface area contributed by atoms with Gasteiger partial charge in [0.2, 0.25) is 0 Å².